The molecule has 0 aliphatic heterocycles. The maximum absolute atomic E-state index is 13.9. The molecule has 0 aliphatic rings. The Bertz CT molecular complexity index is 717. The highest BCUT2D eigenvalue weighted by atomic mass is 35.5. The molecule has 0 atom stereocenters. The van der Waals surface area contributed by atoms with Crippen molar-refractivity contribution in [2.45, 2.75) is 0 Å². The predicted octanol–water partition coefficient (Wildman–Crippen LogP) is 3.04. The van der Waals surface area contributed by atoms with Crippen LogP contribution in [0.25, 0.3) is 0 Å². The molecule has 106 valence electrons. The Kier molecular flexibility index (Phi) is 4.94. The van der Waals surface area contributed by atoms with Gasteiger partial charge in [-0.1, -0.05) is 23.4 Å². The van der Waals surface area contributed by atoms with Gasteiger partial charge in [0.2, 0.25) is 0 Å². The van der Waals surface area contributed by atoms with Crippen LogP contribution in [0.1, 0.15) is 15.9 Å². The van der Waals surface area contributed by atoms with Crippen LogP contribution in [0.2, 0.25) is 5.02 Å². The minimum Gasteiger partial charge on any atom is -0.322 e. The number of benzene rings is 2. The summed E-state index contributed by atoms with van der Waals surface area (Å²) in [6, 6.07) is 10.7. The molecule has 0 saturated heterocycles. The quantitative estimate of drug-likeness (QED) is 0.838. The number of halogens is 2. The molecule has 0 saturated carbocycles. The summed E-state index contributed by atoms with van der Waals surface area (Å²) in [5.74, 6) is 4.16. The van der Waals surface area contributed by atoms with Crippen molar-refractivity contribution >= 4 is 23.2 Å². The fourth-order valence-electron chi connectivity index (χ4n) is 1.66. The average molecular weight is 303 g/mol. The van der Waals surface area contributed by atoms with E-state index >= 15 is 0 Å². The Morgan fingerprint density at radius 3 is 2.57 bits per heavy atom. The molecule has 1 amide bonds. The van der Waals surface area contributed by atoms with E-state index in [9.17, 15) is 9.18 Å². The van der Waals surface area contributed by atoms with Crippen LogP contribution in [0.4, 0.5) is 10.1 Å². The Hall–Kier alpha value is -2.35. The highest BCUT2D eigenvalue weighted by Gasteiger charge is 2.12. The van der Waals surface area contributed by atoms with Gasteiger partial charge in [0.25, 0.3) is 5.91 Å². The second-order valence-corrected chi connectivity index (χ2v) is 4.60. The Morgan fingerprint density at radius 1 is 1.24 bits per heavy atom. The average Bonchev–Trinajstić information content (AvgIpc) is 2.47. The van der Waals surface area contributed by atoms with E-state index in [4.69, 9.17) is 17.3 Å². The fourth-order valence-corrected chi connectivity index (χ4v) is 1.79. The molecule has 2 aromatic carbocycles. The SMILES string of the molecule is NCC#Cc1ccc(C(=O)Nc2ccc(Cl)cc2)c(F)c1. The smallest absolute Gasteiger partial charge is 0.258 e. The second-order valence-electron chi connectivity index (χ2n) is 4.16. The molecule has 2 aromatic rings. The van der Waals surface area contributed by atoms with Crippen LogP contribution in [0.15, 0.2) is 42.5 Å². The van der Waals surface area contributed by atoms with Crippen molar-refractivity contribution in [1.82, 2.24) is 0 Å². The highest BCUT2D eigenvalue weighted by Crippen LogP contribution is 2.16. The first kappa shape index (κ1) is 15.0. The summed E-state index contributed by atoms with van der Waals surface area (Å²) >= 11 is 5.76. The minimum atomic E-state index is -0.634. The van der Waals surface area contributed by atoms with Gasteiger partial charge in [-0.3, -0.25) is 4.79 Å². The number of nitrogens with two attached hydrogens (primary N) is 1. The topological polar surface area (TPSA) is 55.1 Å². The second kappa shape index (κ2) is 6.89. The van der Waals surface area contributed by atoms with Gasteiger partial charge in [0.05, 0.1) is 12.1 Å². The van der Waals surface area contributed by atoms with E-state index in [2.05, 4.69) is 17.2 Å². The number of carbonyl (C=O) groups excluding carboxylic acids is 1. The van der Waals surface area contributed by atoms with E-state index in [0.717, 1.165) is 0 Å². The van der Waals surface area contributed by atoms with Crippen molar-refractivity contribution in [2.24, 2.45) is 5.73 Å². The van der Waals surface area contributed by atoms with Gasteiger partial charge in [-0.2, -0.15) is 0 Å². The largest absolute Gasteiger partial charge is 0.322 e. The van der Waals surface area contributed by atoms with Crippen LogP contribution in [-0.2, 0) is 0 Å². The van der Waals surface area contributed by atoms with Gasteiger partial charge in [-0.05, 0) is 42.5 Å². The molecule has 0 radical (unpaired) electrons. The molecule has 0 unspecified atom stereocenters. The number of amides is 1. The van der Waals surface area contributed by atoms with Crippen LogP contribution in [0.5, 0.6) is 0 Å². The van der Waals surface area contributed by atoms with Crippen molar-refractivity contribution in [1.29, 1.82) is 0 Å². The first-order chi connectivity index (χ1) is 10.1. The molecule has 5 heteroatoms. The van der Waals surface area contributed by atoms with E-state index in [1.165, 1.54) is 12.1 Å². The zero-order valence-electron chi connectivity index (χ0n) is 11.0. The number of nitrogens with one attached hydrogen (secondary N) is 1. The lowest BCUT2D eigenvalue weighted by atomic mass is 10.1. The third kappa shape index (κ3) is 4.06. The normalized spacial score (nSPS) is 9.67. The Morgan fingerprint density at radius 2 is 1.95 bits per heavy atom. The Balaban J connectivity index is 2.17. The summed E-state index contributed by atoms with van der Waals surface area (Å²) in [7, 11) is 0. The van der Waals surface area contributed by atoms with E-state index in [0.29, 0.717) is 16.3 Å². The summed E-state index contributed by atoms with van der Waals surface area (Å²) in [6.45, 7) is 0.195. The maximum Gasteiger partial charge on any atom is 0.258 e. The van der Waals surface area contributed by atoms with Crippen molar-refractivity contribution in [3.63, 3.8) is 0 Å². The summed E-state index contributed by atoms with van der Waals surface area (Å²) in [6.07, 6.45) is 0. The first-order valence-electron chi connectivity index (χ1n) is 6.15. The molecular weight excluding hydrogens is 291 g/mol. The van der Waals surface area contributed by atoms with E-state index in [-0.39, 0.29) is 12.1 Å². The minimum absolute atomic E-state index is 0.0525. The standard InChI is InChI=1S/C16H12ClFN2O/c17-12-4-6-13(7-5-12)20-16(21)14-8-3-11(2-1-9-19)10-15(14)18/h3-8,10H,9,19H2,(H,20,21). The molecule has 0 spiro atoms. The molecule has 3 N–H and O–H groups in total. The van der Waals surface area contributed by atoms with Gasteiger partial charge in [-0.25, -0.2) is 4.39 Å². The molecular formula is C16H12ClFN2O. The monoisotopic (exact) mass is 302 g/mol. The molecule has 0 aromatic heterocycles. The Labute approximate surface area is 126 Å². The number of anilines is 1. The molecule has 3 nitrogen and oxygen atoms in total. The zero-order chi connectivity index (χ0) is 15.2. The first-order valence-corrected chi connectivity index (χ1v) is 6.53. The van der Waals surface area contributed by atoms with Crippen molar-refractivity contribution in [3.05, 3.63) is 64.4 Å². The van der Waals surface area contributed by atoms with Crippen molar-refractivity contribution in [3.8, 4) is 11.8 Å². The van der Waals surface area contributed by atoms with E-state index < -0.39 is 11.7 Å². The molecule has 0 heterocycles. The van der Waals surface area contributed by atoms with Crippen LogP contribution in [-0.4, -0.2) is 12.5 Å². The maximum atomic E-state index is 13.9. The fraction of sp³-hybridized carbons (Fsp3) is 0.0625. The molecule has 21 heavy (non-hydrogen) atoms. The summed E-state index contributed by atoms with van der Waals surface area (Å²) < 4.78 is 13.9. The van der Waals surface area contributed by atoms with Gasteiger partial charge in [-0.15, -0.1) is 0 Å². The molecule has 2 rings (SSSR count). The van der Waals surface area contributed by atoms with Gasteiger partial charge in [0, 0.05) is 16.3 Å². The van der Waals surface area contributed by atoms with Crippen LogP contribution < -0.4 is 11.1 Å². The number of rotatable bonds is 2. The van der Waals surface area contributed by atoms with Gasteiger partial charge < -0.3 is 11.1 Å². The summed E-state index contributed by atoms with van der Waals surface area (Å²) in [5.41, 5.74) is 6.21. The summed E-state index contributed by atoms with van der Waals surface area (Å²) in [5, 5.41) is 3.15. The molecule has 0 aliphatic carbocycles. The molecule has 0 fully saturated rings. The third-order valence-corrected chi connectivity index (χ3v) is 2.90. The lowest BCUT2D eigenvalue weighted by molar-refractivity contribution is 0.102. The lowest BCUT2D eigenvalue weighted by Gasteiger charge is -2.06. The zero-order valence-corrected chi connectivity index (χ0v) is 11.7. The predicted molar refractivity (Wildman–Crippen MR) is 81.7 cm³/mol. The van der Waals surface area contributed by atoms with E-state index in [1.54, 1.807) is 30.3 Å². The van der Waals surface area contributed by atoms with Crippen LogP contribution >= 0.6 is 11.6 Å². The lowest BCUT2D eigenvalue weighted by Crippen LogP contribution is -2.13. The van der Waals surface area contributed by atoms with Gasteiger partial charge in [0.15, 0.2) is 0 Å². The van der Waals surface area contributed by atoms with E-state index in [1.807, 2.05) is 0 Å². The van der Waals surface area contributed by atoms with Crippen molar-refractivity contribution < 1.29 is 9.18 Å². The third-order valence-electron chi connectivity index (χ3n) is 2.65. The highest BCUT2D eigenvalue weighted by molar-refractivity contribution is 6.30. The van der Waals surface area contributed by atoms with Gasteiger partial charge in [0.1, 0.15) is 5.82 Å². The summed E-state index contributed by atoms with van der Waals surface area (Å²) in [4.78, 5) is 12.0. The van der Waals surface area contributed by atoms with Crippen molar-refractivity contribution in [2.75, 3.05) is 11.9 Å². The molecule has 0 bridgehead atoms. The number of carbonyl (C=O) groups is 1. The van der Waals surface area contributed by atoms with Crippen LogP contribution in [0.3, 0.4) is 0 Å². The van der Waals surface area contributed by atoms with Gasteiger partial charge >= 0.3 is 0 Å². The number of hydrogen-bond donors (Lipinski definition) is 2. The van der Waals surface area contributed by atoms with Crippen LogP contribution in [0, 0.1) is 17.7 Å². The number of hydrogen-bond acceptors (Lipinski definition) is 2.